The number of aromatic nitrogens is 2. The molecule has 3 heteroatoms. The SMILES string of the molecule is C=Cc1ccc(CCC2CCCCN2Cc2ccc(-n3ccnc3C)cc2)cc1CC. The Balaban J connectivity index is 1.40. The molecule has 2 aromatic carbocycles. The Hall–Kier alpha value is -2.65. The minimum absolute atomic E-state index is 0.675. The van der Waals surface area contributed by atoms with Gasteiger partial charge < -0.3 is 4.57 Å². The van der Waals surface area contributed by atoms with Crippen molar-refractivity contribution < 1.29 is 0 Å². The second kappa shape index (κ2) is 10.1. The molecule has 0 spiro atoms. The van der Waals surface area contributed by atoms with Gasteiger partial charge in [0.25, 0.3) is 0 Å². The lowest BCUT2D eigenvalue weighted by Crippen LogP contribution is -2.39. The highest BCUT2D eigenvalue weighted by atomic mass is 15.2. The van der Waals surface area contributed by atoms with E-state index in [0.717, 1.165) is 25.2 Å². The van der Waals surface area contributed by atoms with Crippen LogP contribution in [0.5, 0.6) is 0 Å². The van der Waals surface area contributed by atoms with Crippen LogP contribution < -0.4 is 0 Å². The van der Waals surface area contributed by atoms with Crippen molar-refractivity contribution in [2.24, 2.45) is 0 Å². The van der Waals surface area contributed by atoms with Gasteiger partial charge in [-0.05, 0) is 80.0 Å². The molecule has 0 bridgehead atoms. The first-order chi connectivity index (χ1) is 15.2. The van der Waals surface area contributed by atoms with E-state index in [0.29, 0.717) is 6.04 Å². The maximum Gasteiger partial charge on any atom is 0.110 e. The number of hydrogen-bond donors (Lipinski definition) is 0. The number of benzene rings is 2. The van der Waals surface area contributed by atoms with Crippen LogP contribution in [0.4, 0.5) is 0 Å². The number of piperidine rings is 1. The summed E-state index contributed by atoms with van der Waals surface area (Å²) in [5.41, 5.74) is 6.75. The first-order valence-electron chi connectivity index (χ1n) is 11.8. The summed E-state index contributed by atoms with van der Waals surface area (Å²) in [5, 5.41) is 0. The first kappa shape index (κ1) is 21.6. The summed E-state index contributed by atoms with van der Waals surface area (Å²) in [6.07, 6.45) is 13.3. The molecule has 1 aliphatic heterocycles. The molecule has 1 aromatic heterocycles. The highest BCUT2D eigenvalue weighted by Gasteiger charge is 2.22. The summed E-state index contributed by atoms with van der Waals surface area (Å²) in [5.74, 6) is 1.02. The van der Waals surface area contributed by atoms with Gasteiger partial charge in [0.2, 0.25) is 0 Å². The minimum atomic E-state index is 0.675. The smallest absolute Gasteiger partial charge is 0.110 e. The third-order valence-corrected chi connectivity index (χ3v) is 6.75. The minimum Gasteiger partial charge on any atom is -0.304 e. The molecule has 4 rings (SSSR count). The van der Waals surface area contributed by atoms with Gasteiger partial charge in [0.1, 0.15) is 5.82 Å². The van der Waals surface area contributed by atoms with Crippen LogP contribution in [0.2, 0.25) is 0 Å². The largest absolute Gasteiger partial charge is 0.304 e. The predicted molar refractivity (Wildman–Crippen MR) is 131 cm³/mol. The zero-order valence-electron chi connectivity index (χ0n) is 19.1. The maximum absolute atomic E-state index is 4.33. The zero-order valence-corrected chi connectivity index (χ0v) is 19.1. The van der Waals surface area contributed by atoms with E-state index >= 15 is 0 Å². The standard InChI is InChI=1S/C28H35N3/c1-4-25-13-9-23(20-26(25)5-2)10-14-27-8-6-7-18-30(27)21-24-11-15-28(16-12-24)31-19-17-29-22(31)3/h4,9,11-13,15-17,19-20,27H,1,5-8,10,14,18,21H2,2-3H3. The lowest BCUT2D eigenvalue weighted by atomic mass is 9.93. The second-order valence-electron chi connectivity index (χ2n) is 8.76. The molecule has 0 aliphatic carbocycles. The average molecular weight is 414 g/mol. The molecule has 1 fully saturated rings. The quantitative estimate of drug-likeness (QED) is 0.428. The Morgan fingerprint density at radius 2 is 1.90 bits per heavy atom. The Morgan fingerprint density at radius 1 is 1.10 bits per heavy atom. The molecule has 1 unspecified atom stereocenters. The Kier molecular flexibility index (Phi) is 7.03. The lowest BCUT2D eigenvalue weighted by Gasteiger charge is -2.36. The third kappa shape index (κ3) is 5.16. The van der Waals surface area contributed by atoms with Crippen molar-refractivity contribution in [3.8, 4) is 5.69 Å². The van der Waals surface area contributed by atoms with Gasteiger partial charge in [-0.3, -0.25) is 4.90 Å². The summed E-state index contributed by atoms with van der Waals surface area (Å²) < 4.78 is 2.13. The fourth-order valence-corrected chi connectivity index (χ4v) is 4.90. The monoisotopic (exact) mass is 413 g/mol. The lowest BCUT2D eigenvalue weighted by molar-refractivity contribution is 0.132. The molecule has 162 valence electrons. The van der Waals surface area contributed by atoms with Gasteiger partial charge in [-0.2, -0.15) is 0 Å². The molecule has 1 aliphatic rings. The van der Waals surface area contributed by atoms with Crippen LogP contribution in [0.15, 0.2) is 61.4 Å². The van der Waals surface area contributed by atoms with Gasteiger partial charge in [-0.1, -0.05) is 56.3 Å². The first-order valence-corrected chi connectivity index (χ1v) is 11.8. The average Bonchev–Trinajstić information content (AvgIpc) is 3.24. The van der Waals surface area contributed by atoms with E-state index < -0.39 is 0 Å². The van der Waals surface area contributed by atoms with Gasteiger partial charge in [0.05, 0.1) is 0 Å². The van der Waals surface area contributed by atoms with Gasteiger partial charge >= 0.3 is 0 Å². The molecule has 1 saturated heterocycles. The van der Waals surface area contributed by atoms with E-state index in [1.165, 1.54) is 60.2 Å². The molecule has 0 saturated carbocycles. The van der Waals surface area contributed by atoms with E-state index in [1.54, 1.807) is 0 Å². The summed E-state index contributed by atoms with van der Waals surface area (Å²) in [7, 11) is 0. The van der Waals surface area contributed by atoms with Crippen molar-refractivity contribution in [1.82, 2.24) is 14.5 Å². The summed E-state index contributed by atoms with van der Waals surface area (Å²) in [6, 6.07) is 16.6. The molecule has 2 heterocycles. The number of hydrogen-bond acceptors (Lipinski definition) is 2. The second-order valence-corrected chi connectivity index (χ2v) is 8.76. The topological polar surface area (TPSA) is 21.1 Å². The molecule has 3 aromatic rings. The number of aryl methyl sites for hydroxylation is 3. The van der Waals surface area contributed by atoms with Crippen LogP contribution in [0, 0.1) is 6.92 Å². The Labute approximate surface area is 187 Å². The van der Waals surface area contributed by atoms with Crippen molar-refractivity contribution in [3.63, 3.8) is 0 Å². The molecule has 1 atom stereocenters. The zero-order chi connectivity index (χ0) is 21.6. The molecular weight excluding hydrogens is 378 g/mol. The summed E-state index contributed by atoms with van der Waals surface area (Å²) in [6.45, 7) is 10.5. The van der Waals surface area contributed by atoms with Crippen LogP contribution in [-0.2, 0) is 19.4 Å². The fraction of sp³-hybridized carbons (Fsp3) is 0.393. The van der Waals surface area contributed by atoms with Gasteiger partial charge in [-0.25, -0.2) is 4.98 Å². The number of imidazole rings is 1. The van der Waals surface area contributed by atoms with Crippen LogP contribution in [-0.4, -0.2) is 27.0 Å². The molecule has 0 N–H and O–H groups in total. The summed E-state index contributed by atoms with van der Waals surface area (Å²) >= 11 is 0. The van der Waals surface area contributed by atoms with Crippen LogP contribution >= 0.6 is 0 Å². The number of rotatable bonds is 8. The molecule has 31 heavy (non-hydrogen) atoms. The van der Waals surface area contributed by atoms with E-state index in [4.69, 9.17) is 0 Å². The molecule has 0 radical (unpaired) electrons. The number of nitrogens with zero attached hydrogens (tertiary/aromatic N) is 3. The predicted octanol–water partition coefficient (Wildman–Crippen LogP) is 6.37. The fourth-order valence-electron chi connectivity index (χ4n) is 4.90. The van der Waals surface area contributed by atoms with Crippen LogP contribution in [0.1, 0.15) is 60.7 Å². The number of likely N-dealkylation sites (tertiary alicyclic amines) is 1. The molecular formula is C28H35N3. The van der Waals surface area contributed by atoms with Crippen molar-refractivity contribution in [3.05, 3.63) is 89.5 Å². The molecule has 3 nitrogen and oxygen atoms in total. The van der Waals surface area contributed by atoms with Gasteiger partial charge in [-0.15, -0.1) is 0 Å². The van der Waals surface area contributed by atoms with Crippen LogP contribution in [0.25, 0.3) is 11.8 Å². The normalized spacial score (nSPS) is 17.0. The third-order valence-electron chi connectivity index (χ3n) is 6.75. The summed E-state index contributed by atoms with van der Waals surface area (Å²) in [4.78, 5) is 7.04. The highest BCUT2D eigenvalue weighted by molar-refractivity contribution is 5.53. The van der Waals surface area contributed by atoms with Crippen molar-refractivity contribution in [2.75, 3.05) is 6.54 Å². The van der Waals surface area contributed by atoms with E-state index in [9.17, 15) is 0 Å². The van der Waals surface area contributed by atoms with Crippen molar-refractivity contribution >= 4 is 6.08 Å². The maximum atomic E-state index is 4.33. The van der Waals surface area contributed by atoms with E-state index in [2.05, 4.69) is 70.4 Å². The van der Waals surface area contributed by atoms with Crippen LogP contribution in [0.3, 0.4) is 0 Å². The van der Waals surface area contributed by atoms with E-state index in [1.807, 2.05) is 25.4 Å². The van der Waals surface area contributed by atoms with Gasteiger partial charge in [0.15, 0.2) is 0 Å². The van der Waals surface area contributed by atoms with Crippen molar-refractivity contribution in [2.45, 2.75) is 65.0 Å². The Morgan fingerprint density at radius 3 is 2.61 bits per heavy atom. The van der Waals surface area contributed by atoms with Gasteiger partial charge in [0, 0.05) is 30.7 Å². The molecule has 0 amide bonds. The van der Waals surface area contributed by atoms with Crippen molar-refractivity contribution in [1.29, 1.82) is 0 Å². The van der Waals surface area contributed by atoms with E-state index in [-0.39, 0.29) is 0 Å². The highest BCUT2D eigenvalue weighted by Crippen LogP contribution is 2.25. The Bertz CT molecular complexity index is 999.